The number of imidazole rings is 1. The van der Waals surface area contributed by atoms with Crippen molar-refractivity contribution in [1.29, 1.82) is 0 Å². The first-order valence-electron chi connectivity index (χ1n) is 9.64. The molecule has 0 saturated carbocycles. The molecule has 144 valence electrons. The zero-order valence-electron chi connectivity index (χ0n) is 15.8. The Balaban J connectivity index is 1.85. The minimum absolute atomic E-state index is 0.661. The molecule has 0 spiro atoms. The van der Waals surface area contributed by atoms with Gasteiger partial charge in [0.05, 0.1) is 37.8 Å². The summed E-state index contributed by atoms with van der Waals surface area (Å²) >= 11 is 13.4. The molecule has 0 aliphatic carbocycles. The molecular weight excluding hydrogens is 413 g/mol. The molecule has 0 atom stereocenters. The first-order valence-corrected chi connectivity index (χ1v) is 10.4. The van der Waals surface area contributed by atoms with Crippen molar-refractivity contribution < 1.29 is 0 Å². The van der Waals surface area contributed by atoms with Gasteiger partial charge in [0.2, 0.25) is 5.95 Å². The maximum Gasteiger partial charge on any atom is 0.220 e. The Morgan fingerprint density at radius 1 is 0.567 bits per heavy atom. The number of aromatic nitrogens is 3. The summed E-state index contributed by atoms with van der Waals surface area (Å²) in [5.74, 6) is 0.753. The fraction of sp³-hybridized carbons (Fsp3) is 0. The van der Waals surface area contributed by atoms with Gasteiger partial charge in [0.25, 0.3) is 0 Å². The van der Waals surface area contributed by atoms with Gasteiger partial charge in [-0.2, -0.15) is 0 Å². The predicted molar refractivity (Wildman–Crippen MR) is 125 cm³/mol. The summed E-state index contributed by atoms with van der Waals surface area (Å²) in [6.07, 6.45) is 0. The van der Waals surface area contributed by atoms with E-state index in [9.17, 15) is 0 Å². The molecule has 2 heterocycles. The number of para-hydroxylation sites is 5. The number of rotatable bonds is 2. The molecule has 2 aromatic heterocycles. The van der Waals surface area contributed by atoms with Crippen LogP contribution in [0.1, 0.15) is 0 Å². The van der Waals surface area contributed by atoms with Crippen LogP contribution in [0.5, 0.6) is 0 Å². The lowest BCUT2D eigenvalue weighted by Crippen LogP contribution is -2.06. The number of halogens is 2. The smallest absolute Gasteiger partial charge is 0.220 e. The molecule has 3 nitrogen and oxygen atoms in total. The van der Waals surface area contributed by atoms with E-state index in [2.05, 4.69) is 33.4 Å². The van der Waals surface area contributed by atoms with Gasteiger partial charge in [0.1, 0.15) is 0 Å². The molecule has 0 fully saturated rings. The van der Waals surface area contributed by atoms with E-state index in [1.807, 2.05) is 66.7 Å². The van der Waals surface area contributed by atoms with E-state index in [0.717, 1.165) is 44.5 Å². The fourth-order valence-electron chi connectivity index (χ4n) is 4.22. The summed E-state index contributed by atoms with van der Waals surface area (Å²) in [6.45, 7) is 0. The van der Waals surface area contributed by atoms with Gasteiger partial charge in [0.15, 0.2) is 0 Å². The third-order valence-electron chi connectivity index (χ3n) is 5.48. The van der Waals surface area contributed by atoms with Crippen LogP contribution in [0.15, 0.2) is 91.0 Å². The van der Waals surface area contributed by atoms with Crippen LogP contribution in [0, 0.1) is 0 Å². The van der Waals surface area contributed by atoms with Gasteiger partial charge in [-0.1, -0.05) is 77.8 Å². The number of hydrogen-bond donors (Lipinski definition) is 0. The van der Waals surface area contributed by atoms with Crippen LogP contribution in [0.3, 0.4) is 0 Å². The van der Waals surface area contributed by atoms with Crippen molar-refractivity contribution in [2.75, 3.05) is 0 Å². The van der Waals surface area contributed by atoms with Crippen LogP contribution in [-0.4, -0.2) is 14.1 Å². The van der Waals surface area contributed by atoms with Crippen molar-refractivity contribution in [2.45, 2.75) is 0 Å². The number of fused-ring (bicyclic) bond motifs is 4. The van der Waals surface area contributed by atoms with Crippen LogP contribution in [-0.2, 0) is 0 Å². The van der Waals surface area contributed by atoms with Crippen LogP contribution in [0.2, 0.25) is 10.0 Å². The number of benzene rings is 4. The van der Waals surface area contributed by atoms with E-state index in [4.69, 9.17) is 28.2 Å². The molecular formula is C25H15Cl2N3. The van der Waals surface area contributed by atoms with Crippen molar-refractivity contribution in [1.82, 2.24) is 14.1 Å². The lowest BCUT2D eigenvalue weighted by atomic mass is 10.2. The summed E-state index contributed by atoms with van der Waals surface area (Å²) < 4.78 is 4.24. The van der Waals surface area contributed by atoms with Crippen molar-refractivity contribution in [2.24, 2.45) is 0 Å². The molecule has 0 aliphatic rings. The van der Waals surface area contributed by atoms with Crippen molar-refractivity contribution in [3.63, 3.8) is 0 Å². The zero-order valence-corrected chi connectivity index (χ0v) is 17.3. The number of nitrogens with zero attached hydrogens (tertiary/aromatic N) is 3. The molecule has 0 unspecified atom stereocenters. The van der Waals surface area contributed by atoms with Gasteiger partial charge in [-0.15, -0.1) is 0 Å². The highest BCUT2D eigenvalue weighted by Crippen LogP contribution is 2.37. The van der Waals surface area contributed by atoms with Gasteiger partial charge in [-0.05, 0) is 36.4 Å². The molecule has 0 amide bonds. The SMILES string of the molecule is Clc1ccccc1-n1c(-n2c3ccccc3c3cccc(Cl)c32)nc2ccccc21. The minimum atomic E-state index is 0.661. The van der Waals surface area contributed by atoms with Crippen molar-refractivity contribution in [3.05, 3.63) is 101 Å². The quantitative estimate of drug-likeness (QED) is 0.281. The first-order chi connectivity index (χ1) is 14.7. The lowest BCUT2D eigenvalue weighted by Gasteiger charge is -2.13. The number of hydrogen-bond acceptors (Lipinski definition) is 1. The molecule has 30 heavy (non-hydrogen) atoms. The minimum Gasteiger partial charge on any atom is -0.278 e. The van der Waals surface area contributed by atoms with E-state index < -0.39 is 0 Å². The predicted octanol–water partition coefficient (Wildman–Crippen LogP) is 7.43. The van der Waals surface area contributed by atoms with Gasteiger partial charge in [-0.25, -0.2) is 4.98 Å². The molecule has 0 aliphatic heterocycles. The zero-order chi connectivity index (χ0) is 20.2. The Kier molecular flexibility index (Phi) is 3.88. The Bertz CT molecular complexity index is 1580. The molecule has 6 aromatic rings. The van der Waals surface area contributed by atoms with Gasteiger partial charge in [-0.3, -0.25) is 9.13 Å². The van der Waals surface area contributed by atoms with Gasteiger partial charge >= 0.3 is 0 Å². The maximum absolute atomic E-state index is 6.73. The van der Waals surface area contributed by atoms with Crippen molar-refractivity contribution in [3.8, 4) is 11.6 Å². The van der Waals surface area contributed by atoms with E-state index in [1.165, 1.54) is 0 Å². The first kappa shape index (κ1) is 17.6. The molecule has 0 radical (unpaired) electrons. The average molecular weight is 428 g/mol. The van der Waals surface area contributed by atoms with Crippen LogP contribution in [0.4, 0.5) is 0 Å². The van der Waals surface area contributed by atoms with E-state index in [0.29, 0.717) is 10.0 Å². The summed E-state index contributed by atoms with van der Waals surface area (Å²) in [5, 5.41) is 3.57. The summed E-state index contributed by atoms with van der Waals surface area (Å²) in [4.78, 5) is 5.02. The highest BCUT2D eigenvalue weighted by Gasteiger charge is 2.21. The molecule has 0 bridgehead atoms. The Hall–Kier alpha value is -3.27. The second kappa shape index (κ2) is 6.63. The summed E-state index contributed by atoms with van der Waals surface area (Å²) in [6, 6.07) is 30.2. The van der Waals surface area contributed by atoms with Gasteiger partial charge < -0.3 is 0 Å². The van der Waals surface area contributed by atoms with Crippen molar-refractivity contribution >= 4 is 56.0 Å². The van der Waals surface area contributed by atoms with E-state index in [-0.39, 0.29) is 0 Å². The molecule has 6 rings (SSSR count). The van der Waals surface area contributed by atoms with E-state index >= 15 is 0 Å². The standard InChI is InChI=1S/C25H15Cl2N3/c26-18-10-2-5-14-22(18)29-23-15-6-3-12-20(23)28-25(29)30-21-13-4-1-8-16(21)17-9-7-11-19(27)24(17)30/h1-15H. The van der Waals surface area contributed by atoms with E-state index in [1.54, 1.807) is 0 Å². The third kappa shape index (κ3) is 2.43. The summed E-state index contributed by atoms with van der Waals surface area (Å²) in [7, 11) is 0. The second-order valence-corrected chi connectivity index (χ2v) is 7.99. The molecule has 5 heteroatoms. The van der Waals surface area contributed by atoms with Crippen LogP contribution in [0.25, 0.3) is 44.5 Å². The fourth-order valence-corrected chi connectivity index (χ4v) is 4.70. The highest BCUT2D eigenvalue weighted by atomic mass is 35.5. The maximum atomic E-state index is 6.73. The molecule has 0 saturated heterocycles. The largest absolute Gasteiger partial charge is 0.278 e. The monoisotopic (exact) mass is 427 g/mol. The molecule has 4 aromatic carbocycles. The molecule has 0 N–H and O–H groups in total. The van der Waals surface area contributed by atoms with Crippen LogP contribution < -0.4 is 0 Å². The topological polar surface area (TPSA) is 22.8 Å². The Labute approximate surface area is 182 Å². The van der Waals surface area contributed by atoms with Gasteiger partial charge in [0, 0.05) is 10.8 Å². The highest BCUT2D eigenvalue weighted by molar-refractivity contribution is 6.36. The average Bonchev–Trinajstić information content (AvgIpc) is 3.31. The Morgan fingerprint density at radius 3 is 2.10 bits per heavy atom. The normalized spacial score (nSPS) is 11.7. The third-order valence-corrected chi connectivity index (χ3v) is 6.11. The lowest BCUT2D eigenvalue weighted by molar-refractivity contribution is 0.956. The Morgan fingerprint density at radius 2 is 1.23 bits per heavy atom. The summed E-state index contributed by atoms with van der Waals surface area (Å²) in [5.41, 5.74) is 4.73. The van der Waals surface area contributed by atoms with Crippen LogP contribution >= 0.6 is 23.2 Å². The second-order valence-electron chi connectivity index (χ2n) is 7.18.